The number of nitrogens with zero attached hydrogens (tertiary/aromatic N) is 1. The van der Waals surface area contributed by atoms with Crippen molar-refractivity contribution in [2.24, 2.45) is 5.41 Å². The zero-order valence-electron chi connectivity index (χ0n) is 9.89. The SMILES string of the molecule is CCC1(CNCc2nc(C)c(C)s2)CC1. The average molecular weight is 224 g/mol. The number of aryl methyl sites for hydroxylation is 2. The van der Waals surface area contributed by atoms with Gasteiger partial charge in [0, 0.05) is 18.0 Å². The van der Waals surface area contributed by atoms with Gasteiger partial charge in [0.25, 0.3) is 0 Å². The Kier molecular flexibility index (Phi) is 3.12. The number of hydrogen-bond donors (Lipinski definition) is 1. The second kappa shape index (κ2) is 4.22. The third kappa shape index (κ3) is 2.58. The molecule has 1 saturated carbocycles. The van der Waals surface area contributed by atoms with Crippen LogP contribution < -0.4 is 5.32 Å². The number of thiazole rings is 1. The molecule has 1 aliphatic carbocycles. The maximum atomic E-state index is 4.53. The van der Waals surface area contributed by atoms with Crippen molar-refractivity contribution in [2.75, 3.05) is 6.54 Å². The summed E-state index contributed by atoms with van der Waals surface area (Å²) in [6.45, 7) is 8.64. The predicted molar refractivity (Wildman–Crippen MR) is 65.3 cm³/mol. The maximum absolute atomic E-state index is 4.53. The first-order chi connectivity index (χ1) is 7.15. The highest BCUT2D eigenvalue weighted by Crippen LogP contribution is 2.47. The van der Waals surface area contributed by atoms with Gasteiger partial charge in [-0.2, -0.15) is 0 Å². The molecule has 0 radical (unpaired) electrons. The average Bonchev–Trinajstić information content (AvgIpc) is 2.91. The van der Waals surface area contributed by atoms with Gasteiger partial charge in [-0.1, -0.05) is 6.92 Å². The van der Waals surface area contributed by atoms with Crippen molar-refractivity contribution >= 4 is 11.3 Å². The molecule has 0 bridgehead atoms. The molecule has 0 spiro atoms. The normalized spacial score (nSPS) is 18.1. The number of nitrogens with one attached hydrogen (secondary N) is 1. The van der Waals surface area contributed by atoms with E-state index in [-0.39, 0.29) is 0 Å². The largest absolute Gasteiger partial charge is 0.310 e. The summed E-state index contributed by atoms with van der Waals surface area (Å²) in [7, 11) is 0. The van der Waals surface area contributed by atoms with E-state index in [1.807, 2.05) is 11.3 Å². The van der Waals surface area contributed by atoms with Crippen molar-refractivity contribution < 1.29 is 0 Å². The molecule has 1 N–H and O–H groups in total. The maximum Gasteiger partial charge on any atom is 0.107 e. The Balaban J connectivity index is 1.78. The van der Waals surface area contributed by atoms with Crippen LogP contribution in [-0.2, 0) is 6.54 Å². The number of aromatic nitrogens is 1. The van der Waals surface area contributed by atoms with Crippen molar-refractivity contribution in [1.82, 2.24) is 10.3 Å². The summed E-state index contributed by atoms with van der Waals surface area (Å²) in [5.41, 5.74) is 1.83. The van der Waals surface area contributed by atoms with E-state index >= 15 is 0 Å². The lowest BCUT2D eigenvalue weighted by Crippen LogP contribution is -2.23. The molecule has 3 heteroatoms. The summed E-state index contributed by atoms with van der Waals surface area (Å²) >= 11 is 1.82. The Labute approximate surface area is 96.1 Å². The molecule has 15 heavy (non-hydrogen) atoms. The second-order valence-corrected chi connectivity index (χ2v) is 5.99. The van der Waals surface area contributed by atoms with Crippen LogP contribution in [0, 0.1) is 19.3 Å². The van der Waals surface area contributed by atoms with Gasteiger partial charge in [-0.25, -0.2) is 4.98 Å². The Bertz CT molecular complexity index is 320. The quantitative estimate of drug-likeness (QED) is 0.831. The third-order valence-corrected chi connectivity index (χ3v) is 4.63. The molecule has 2 rings (SSSR count). The van der Waals surface area contributed by atoms with Crippen LogP contribution in [0.25, 0.3) is 0 Å². The molecule has 1 aromatic rings. The first-order valence-electron chi connectivity index (χ1n) is 5.79. The molecule has 1 fully saturated rings. The van der Waals surface area contributed by atoms with Crippen LogP contribution in [0.1, 0.15) is 41.8 Å². The smallest absolute Gasteiger partial charge is 0.107 e. The molecule has 84 valence electrons. The van der Waals surface area contributed by atoms with Crippen molar-refractivity contribution in [1.29, 1.82) is 0 Å². The molecule has 0 aromatic carbocycles. The highest BCUT2D eigenvalue weighted by atomic mass is 32.1. The Morgan fingerprint density at radius 2 is 2.13 bits per heavy atom. The molecule has 0 saturated heterocycles. The van der Waals surface area contributed by atoms with Gasteiger partial charge in [-0.05, 0) is 38.5 Å². The fraction of sp³-hybridized carbons (Fsp3) is 0.750. The highest BCUT2D eigenvalue weighted by molar-refractivity contribution is 7.11. The highest BCUT2D eigenvalue weighted by Gasteiger charge is 2.39. The van der Waals surface area contributed by atoms with Gasteiger partial charge in [0.2, 0.25) is 0 Å². The molecule has 0 amide bonds. The van der Waals surface area contributed by atoms with E-state index in [0.29, 0.717) is 5.41 Å². The molecule has 1 aromatic heterocycles. The first kappa shape index (κ1) is 11.1. The monoisotopic (exact) mass is 224 g/mol. The minimum absolute atomic E-state index is 0.640. The Hall–Kier alpha value is -0.410. The van der Waals surface area contributed by atoms with Gasteiger partial charge >= 0.3 is 0 Å². The van der Waals surface area contributed by atoms with Crippen LogP contribution in [0.3, 0.4) is 0 Å². The van der Waals surface area contributed by atoms with Crippen LogP contribution in [0.2, 0.25) is 0 Å². The van der Waals surface area contributed by atoms with Crippen molar-refractivity contribution in [3.8, 4) is 0 Å². The molecule has 0 aliphatic heterocycles. The molecule has 1 aliphatic rings. The fourth-order valence-corrected chi connectivity index (χ4v) is 2.79. The van der Waals surface area contributed by atoms with E-state index in [1.165, 1.54) is 41.4 Å². The predicted octanol–water partition coefficient (Wildman–Crippen LogP) is 3.04. The Morgan fingerprint density at radius 1 is 1.40 bits per heavy atom. The van der Waals surface area contributed by atoms with Gasteiger partial charge in [-0.15, -0.1) is 11.3 Å². The lowest BCUT2D eigenvalue weighted by atomic mass is 10.0. The van der Waals surface area contributed by atoms with E-state index in [9.17, 15) is 0 Å². The van der Waals surface area contributed by atoms with Crippen LogP contribution in [0.5, 0.6) is 0 Å². The second-order valence-electron chi connectivity index (χ2n) is 4.71. The van der Waals surface area contributed by atoms with Gasteiger partial charge < -0.3 is 5.32 Å². The molecule has 1 heterocycles. The van der Waals surface area contributed by atoms with Crippen LogP contribution in [0.15, 0.2) is 0 Å². The standard InChI is InChI=1S/C12H20N2S/c1-4-12(5-6-12)8-13-7-11-14-9(2)10(3)15-11/h13H,4-8H2,1-3H3. The van der Waals surface area contributed by atoms with E-state index in [4.69, 9.17) is 0 Å². The summed E-state index contributed by atoms with van der Waals surface area (Å²) in [4.78, 5) is 5.88. The fourth-order valence-electron chi connectivity index (χ4n) is 1.88. The van der Waals surface area contributed by atoms with Crippen molar-refractivity contribution in [3.63, 3.8) is 0 Å². The summed E-state index contributed by atoms with van der Waals surface area (Å²) in [5.74, 6) is 0. The third-order valence-electron chi connectivity index (χ3n) is 3.56. The molecule has 0 atom stereocenters. The minimum atomic E-state index is 0.640. The van der Waals surface area contributed by atoms with E-state index in [0.717, 1.165) is 6.54 Å². The van der Waals surface area contributed by atoms with E-state index in [1.54, 1.807) is 0 Å². The van der Waals surface area contributed by atoms with Crippen LogP contribution in [-0.4, -0.2) is 11.5 Å². The van der Waals surface area contributed by atoms with Gasteiger partial charge in [0.1, 0.15) is 5.01 Å². The van der Waals surface area contributed by atoms with Crippen LogP contribution >= 0.6 is 11.3 Å². The molecular formula is C12H20N2S. The summed E-state index contributed by atoms with van der Waals surface area (Å²) < 4.78 is 0. The van der Waals surface area contributed by atoms with Gasteiger partial charge in [0.15, 0.2) is 0 Å². The molecular weight excluding hydrogens is 204 g/mol. The zero-order chi connectivity index (χ0) is 10.9. The lowest BCUT2D eigenvalue weighted by molar-refractivity contribution is 0.443. The molecule has 0 unspecified atom stereocenters. The summed E-state index contributed by atoms with van der Waals surface area (Å²) in [6, 6.07) is 0. The van der Waals surface area contributed by atoms with Gasteiger partial charge in [0.05, 0.1) is 5.69 Å². The van der Waals surface area contributed by atoms with Crippen LogP contribution in [0.4, 0.5) is 0 Å². The lowest BCUT2D eigenvalue weighted by Gasteiger charge is -2.12. The number of hydrogen-bond acceptors (Lipinski definition) is 3. The number of rotatable bonds is 5. The summed E-state index contributed by atoms with van der Waals surface area (Å²) in [6.07, 6.45) is 4.13. The van der Waals surface area contributed by atoms with E-state index in [2.05, 4.69) is 31.1 Å². The topological polar surface area (TPSA) is 24.9 Å². The van der Waals surface area contributed by atoms with Gasteiger partial charge in [-0.3, -0.25) is 0 Å². The van der Waals surface area contributed by atoms with Crippen molar-refractivity contribution in [2.45, 2.75) is 46.6 Å². The Morgan fingerprint density at radius 3 is 2.60 bits per heavy atom. The molecule has 2 nitrogen and oxygen atoms in total. The van der Waals surface area contributed by atoms with E-state index < -0.39 is 0 Å². The first-order valence-corrected chi connectivity index (χ1v) is 6.60. The van der Waals surface area contributed by atoms with Crippen molar-refractivity contribution in [3.05, 3.63) is 15.6 Å². The zero-order valence-corrected chi connectivity index (χ0v) is 10.7. The minimum Gasteiger partial charge on any atom is -0.310 e. The summed E-state index contributed by atoms with van der Waals surface area (Å²) in [5, 5.41) is 4.78.